The number of ketones is 1. The third kappa shape index (κ3) is 1.96. The van der Waals surface area contributed by atoms with E-state index in [2.05, 4.69) is 13.8 Å². The summed E-state index contributed by atoms with van der Waals surface area (Å²) in [5.74, 6) is 2.77. The fourth-order valence-electron chi connectivity index (χ4n) is 8.55. The van der Waals surface area contributed by atoms with Gasteiger partial charge < -0.3 is 9.15 Å². The second-order valence-electron chi connectivity index (χ2n) is 10.8. The summed E-state index contributed by atoms with van der Waals surface area (Å²) in [6, 6.07) is 3.53. The number of fused-ring (bicyclic) bond motifs is 3. The zero-order chi connectivity index (χ0) is 19.3. The number of hydrogen-bond donors (Lipinski definition) is 0. The molecular weight excluding hydrogens is 352 g/mol. The highest BCUT2D eigenvalue weighted by molar-refractivity contribution is 5.79. The van der Waals surface area contributed by atoms with Gasteiger partial charge >= 0.3 is 5.63 Å². The van der Waals surface area contributed by atoms with Crippen LogP contribution in [0.5, 0.6) is 0 Å². The van der Waals surface area contributed by atoms with Crippen molar-refractivity contribution in [1.29, 1.82) is 0 Å². The van der Waals surface area contributed by atoms with Gasteiger partial charge in [0.25, 0.3) is 0 Å². The first-order valence-corrected chi connectivity index (χ1v) is 11.2. The molecule has 4 nitrogen and oxygen atoms in total. The second-order valence-corrected chi connectivity index (χ2v) is 10.8. The van der Waals surface area contributed by atoms with E-state index in [1.54, 1.807) is 12.3 Å². The SMILES string of the molecule is C[C@]12CCC(=O)C[C@H]1CCC1C2CC[C@]2(C)[C@@H](c3ccc(=O)oc3)C[C@@H]3O[C@@]132. The minimum atomic E-state index is -0.273. The fraction of sp³-hybridized carbons (Fsp3) is 0.750. The van der Waals surface area contributed by atoms with E-state index in [4.69, 9.17) is 9.15 Å². The number of carbonyl (C=O) groups is 1. The van der Waals surface area contributed by atoms with Gasteiger partial charge in [0, 0.05) is 24.3 Å². The molecule has 1 aliphatic heterocycles. The summed E-state index contributed by atoms with van der Waals surface area (Å²) in [6.07, 6.45) is 10.5. The number of Topliss-reactive ketones (excluding diaryl/α,β-unsaturated/α-hetero) is 1. The number of rotatable bonds is 1. The van der Waals surface area contributed by atoms with Crippen LogP contribution >= 0.6 is 0 Å². The average Bonchev–Trinajstić information content (AvgIpc) is 3.33. The average molecular weight is 383 g/mol. The van der Waals surface area contributed by atoms with Crippen LogP contribution in [0.25, 0.3) is 0 Å². The Balaban J connectivity index is 1.36. The zero-order valence-electron chi connectivity index (χ0n) is 16.9. The van der Waals surface area contributed by atoms with E-state index in [1.807, 2.05) is 6.07 Å². The highest BCUT2D eigenvalue weighted by Crippen LogP contribution is 2.77. The van der Waals surface area contributed by atoms with E-state index in [-0.39, 0.29) is 16.6 Å². The molecule has 8 atom stereocenters. The first-order chi connectivity index (χ1) is 13.4. The van der Waals surface area contributed by atoms with Gasteiger partial charge in [-0.15, -0.1) is 0 Å². The Labute approximate surface area is 166 Å². The van der Waals surface area contributed by atoms with Crippen LogP contribution in [-0.4, -0.2) is 17.5 Å². The molecule has 0 radical (unpaired) electrons. The molecule has 150 valence electrons. The summed E-state index contributed by atoms with van der Waals surface area (Å²) in [7, 11) is 0. The Morgan fingerprint density at radius 1 is 1.04 bits per heavy atom. The summed E-state index contributed by atoms with van der Waals surface area (Å²) in [6.45, 7) is 4.92. The van der Waals surface area contributed by atoms with E-state index in [1.165, 1.54) is 31.2 Å². The number of ether oxygens (including phenoxy) is 1. The Kier molecular flexibility index (Phi) is 3.35. The van der Waals surface area contributed by atoms with E-state index < -0.39 is 0 Å². The molecule has 0 bridgehead atoms. The quantitative estimate of drug-likeness (QED) is 0.673. The van der Waals surface area contributed by atoms with Crippen molar-refractivity contribution in [2.45, 2.75) is 82.8 Å². The number of hydrogen-bond acceptors (Lipinski definition) is 4. The van der Waals surface area contributed by atoms with Crippen LogP contribution in [0.15, 0.2) is 27.6 Å². The Hall–Kier alpha value is -1.42. The molecule has 6 rings (SSSR count). The van der Waals surface area contributed by atoms with Crippen molar-refractivity contribution in [3.63, 3.8) is 0 Å². The monoisotopic (exact) mass is 382 g/mol. The standard InChI is InChI=1S/C24H30O4/c1-22-9-7-16(25)11-15(22)4-5-18-17(22)8-10-23(2)19(12-20-24(18,23)28-20)14-3-6-21(26)27-13-14/h3,6,13,15,17-20H,4-5,7-12H2,1-2H3/t15-,17?,18?,19-,20+,22+,23-,24+/m1/s1. The maximum absolute atomic E-state index is 12.1. The Morgan fingerprint density at radius 2 is 1.89 bits per heavy atom. The molecule has 4 aliphatic carbocycles. The molecule has 5 fully saturated rings. The molecule has 1 saturated heterocycles. The molecule has 28 heavy (non-hydrogen) atoms. The first kappa shape index (κ1) is 17.4. The maximum Gasteiger partial charge on any atom is 0.335 e. The van der Waals surface area contributed by atoms with Gasteiger partial charge in [0.1, 0.15) is 11.4 Å². The lowest BCUT2D eigenvalue weighted by Gasteiger charge is -2.60. The third-order valence-electron chi connectivity index (χ3n) is 10.0. The third-order valence-corrected chi connectivity index (χ3v) is 10.0. The van der Waals surface area contributed by atoms with Gasteiger partial charge in [-0.2, -0.15) is 0 Å². The van der Waals surface area contributed by atoms with Crippen LogP contribution in [0, 0.1) is 28.6 Å². The predicted octanol–water partition coefficient (Wildman–Crippen LogP) is 4.47. The lowest BCUT2D eigenvalue weighted by atomic mass is 9.44. The molecule has 4 saturated carbocycles. The zero-order valence-corrected chi connectivity index (χ0v) is 16.9. The van der Waals surface area contributed by atoms with E-state index in [0.29, 0.717) is 41.0 Å². The smallest absolute Gasteiger partial charge is 0.335 e. The lowest BCUT2D eigenvalue weighted by Crippen LogP contribution is -2.58. The van der Waals surface area contributed by atoms with Crippen LogP contribution < -0.4 is 5.63 Å². The van der Waals surface area contributed by atoms with Gasteiger partial charge in [-0.3, -0.25) is 4.79 Å². The minimum absolute atomic E-state index is 0.00611. The largest absolute Gasteiger partial charge is 0.431 e. The highest BCUT2D eigenvalue weighted by atomic mass is 16.6. The lowest BCUT2D eigenvalue weighted by molar-refractivity contribution is -0.144. The number of carbonyl (C=O) groups excluding carboxylic acids is 1. The molecule has 2 unspecified atom stereocenters. The summed E-state index contributed by atoms with van der Waals surface area (Å²) < 4.78 is 11.8. The summed E-state index contributed by atoms with van der Waals surface area (Å²) in [5.41, 5.74) is 1.32. The maximum atomic E-state index is 12.1. The molecule has 2 heterocycles. The number of epoxide rings is 1. The molecular formula is C24H30O4. The van der Waals surface area contributed by atoms with Gasteiger partial charge in [0.15, 0.2) is 0 Å². The molecule has 0 aromatic carbocycles. The topological polar surface area (TPSA) is 59.8 Å². The van der Waals surface area contributed by atoms with Crippen molar-refractivity contribution < 1.29 is 13.9 Å². The van der Waals surface area contributed by atoms with Crippen LogP contribution in [-0.2, 0) is 9.53 Å². The van der Waals surface area contributed by atoms with Crippen molar-refractivity contribution in [2.75, 3.05) is 0 Å². The molecule has 5 aliphatic rings. The second kappa shape index (κ2) is 5.38. The minimum Gasteiger partial charge on any atom is -0.431 e. The van der Waals surface area contributed by atoms with Crippen LogP contribution in [0.3, 0.4) is 0 Å². The van der Waals surface area contributed by atoms with Gasteiger partial charge in [0.05, 0.1) is 12.4 Å². The van der Waals surface area contributed by atoms with Gasteiger partial charge in [0.2, 0.25) is 0 Å². The van der Waals surface area contributed by atoms with E-state index >= 15 is 0 Å². The van der Waals surface area contributed by atoms with E-state index in [9.17, 15) is 9.59 Å². The molecule has 4 heteroatoms. The van der Waals surface area contributed by atoms with Crippen molar-refractivity contribution in [3.05, 3.63) is 34.4 Å². The van der Waals surface area contributed by atoms with Crippen molar-refractivity contribution in [1.82, 2.24) is 0 Å². The van der Waals surface area contributed by atoms with Gasteiger partial charge in [-0.05, 0) is 79.2 Å². The van der Waals surface area contributed by atoms with Crippen LogP contribution in [0.2, 0.25) is 0 Å². The van der Waals surface area contributed by atoms with Crippen LogP contribution in [0.1, 0.15) is 76.7 Å². The molecule has 1 aromatic rings. The molecule has 1 aromatic heterocycles. The van der Waals surface area contributed by atoms with Crippen molar-refractivity contribution >= 4 is 5.78 Å². The van der Waals surface area contributed by atoms with Crippen LogP contribution in [0.4, 0.5) is 0 Å². The van der Waals surface area contributed by atoms with Gasteiger partial charge in [-0.25, -0.2) is 4.79 Å². The fourth-order valence-corrected chi connectivity index (χ4v) is 8.55. The molecule has 1 spiro atoms. The summed E-state index contributed by atoms with van der Waals surface area (Å²) in [4.78, 5) is 23.5. The van der Waals surface area contributed by atoms with Crippen molar-refractivity contribution in [2.24, 2.45) is 28.6 Å². The normalized spacial score (nSPS) is 51.6. The highest BCUT2D eigenvalue weighted by Gasteiger charge is 2.80. The predicted molar refractivity (Wildman–Crippen MR) is 104 cm³/mol. The Morgan fingerprint density at radius 3 is 2.68 bits per heavy atom. The Bertz CT molecular complexity index is 884. The first-order valence-electron chi connectivity index (χ1n) is 11.2. The van der Waals surface area contributed by atoms with Gasteiger partial charge in [-0.1, -0.05) is 13.8 Å². The van der Waals surface area contributed by atoms with Crippen molar-refractivity contribution in [3.8, 4) is 0 Å². The molecule has 0 amide bonds. The summed E-state index contributed by atoms with van der Waals surface area (Å²) in [5, 5.41) is 0. The summed E-state index contributed by atoms with van der Waals surface area (Å²) >= 11 is 0. The molecule has 0 N–H and O–H groups in total. The van der Waals surface area contributed by atoms with E-state index in [0.717, 1.165) is 25.7 Å².